The zero-order chi connectivity index (χ0) is 21.6. The first-order valence-electron chi connectivity index (χ1n) is 10.1. The fourth-order valence-corrected chi connectivity index (χ4v) is 3.34. The molecule has 1 N–H and O–H groups in total. The van der Waals surface area contributed by atoms with E-state index in [1.54, 1.807) is 6.08 Å². The lowest BCUT2D eigenvalue weighted by Gasteiger charge is -2.33. The van der Waals surface area contributed by atoms with Gasteiger partial charge in [0.25, 0.3) is 0 Å². The molecule has 154 valence electrons. The van der Waals surface area contributed by atoms with E-state index >= 15 is 0 Å². The molecule has 3 rings (SSSR count). The number of nitrogens with zero attached hydrogens (tertiary/aromatic N) is 1. The average molecular weight is 403 g/mol. The molecule has 2 unspecified atom stereocenters. The van der Waals surface area contributed by atoms with Crippen molar-refractivity contribution in [1.29, 1.82) is 0 Å². The van der Waals surface area contributed by atoms with Gasteiger partial charge in [-0.3, -0.25) is 4.79 Å². The number of hydrogen-bond donors (Lipinski definition) is 1. The summed E-state index contributed by atoms with van der Waals surface area (Å²) >= 11 is 0. The van der Waals surface area contributed by atoms with E-state index in [4.69, 9.17) is 0 Å². The molecule has 2 atom stereocenters. The minimum absolute atomic E-state index is 0.614. The Morgan fingerprint density at radius 3 is 2.33 bits per heavy atom. The number of carboxylic acids is 1. The third-order valence-corrected chi connectivity index (χ3v) is 5.23. The van der Waals surface area contributed by atoms with E-state index in [0.29, 0.717) is 6.54 Å². The van der Waals surface area contributed by atoms with Gasteiger partial charge in [0.15, 0.2) is 0 Å². The number of hydrogen-bond acceptors (Lipinski definition) is 2. The molecule has 0 saturated carbocycles. The van der Waals surface area contributed by atoms with Crippen molar-refractivity contribution >= 4 is 5.97 Å². The highest BCUT2D eigenvalue weighted by atomic mass is 19.1. The molecule has 0 aliphatic heterocycles. The van der Waals surface area contributed by atoms with Crippen molar-refractivity contribution in [3.63, 3.8) is 0 Å². The SMILES string of the molecule is CCCN(Cc1ccc(C#Cc2ccccc2)cc1)C1=CC(C)(C(=O)O)C(F)C=C1. The van der Waals surface area contributed by atoms with Gasteiger partial charge in [0, 0.05) is 29.9 Å². The summed E-state index contributed by atoms with van der Waals surface area (Å²) in [7, 11) is 0. The Kier molecular flexibility index (Phi) is 6.74. The molecule has 0 aromatic heterocycles. The third-order valence-electron chi connectivity index (χ3n) is 5.23. The molecule has 1 aliphatic rings. The maximum Gasteiger partial charge on any atom is 0.316 e. The van der Waals surface area contributed by atoms with Crippen LogP contribution in [0.25, 0.3) is 0 Å². The van der Waals surface area contributed by atoms with Gasteiger partial charge in [0.1, 0.15) is 11.6 Å². The number of alkyl halides is 1. The molecule has 0 saturated heterocycles. The van der Waals surface area contributed by atoms with Gasteiger partial charge in [0.05, 0.1) is 0 Å². The number of aliphatic carboxylic acids is 1. The lowest BCUT2D eigenvalue weighted by Crippen LogP contribution is -2.38. The van der Waals surface area contributed by atoms with E-state index in [-0.39, 0.29) is 0 Å². The fourth-order valence-electron chi connectivity index (χ4n) is 3.34. The lowest BCUT2D eigenvalue weighted by molar-refractivity contribution is -0.147. The molecule has 0 radical (unpaired) electrons. The van der Waals surface area contributed by atoms with Gasteiger partial charge in [0.2, 0.25) is 0 Å². The van der Waals surface area contributed by atoms with E-state index in [2.05, 4.69) is 23.7 Å². The van der Waals surface area contributed by atoms with Crippen molar-refractivity contribution in [3.05, 3.63) is 95.2 Å². The Hall–Kier alpha value is -3.32. The van der Waals surface area contributed by atoms with Crippen LogP contribution in [0, 0.1) is 17.3 Å². The van der Waals surface area contributed by atoms with Crippen LogP contribution < -0.4 is 0 Å². The van der Waals surface area contributed by atoms with Crippen molar-refractivity contribution in [3.8, 4) is 11.8 Å². The summed E-state index contributed by atoms with van der Waals surface area (Å²) in [5, 5.41) is 9.50. The van der Waals surface area contributed by atoms with E-state index in [9.17, 15) is 14.3 Å². The summed E-state index contributed by atoms with van der Waals surface area (Å²) in [6.45, 7) is 4.85. The van der Waals surface area contributed by atoms with Crippen LogP contribution in [0.15, 0.2) is 78.5 Å². The zero-order valence-electron chi connectivity index (χ0n) is 17.3. The smallest absolute Gasteiger partial charge is 0.316 e. The molecule has 4 heteroatoms. The van der Waals surface area contributed by atoms with Crippen LogP contribution in [0.1, 0.15) is 37.0 Å². The summed E-state index contributed by atoms with van der Waals surface area (Å²) in [4.78, 5) is 13.7. The summed E-state index contributed by atoms with van der Waals surface area (Å²) in [5.74, 6) is 5.15. The number of carboxylic acid groups (broad SMARTS) is 1. The van der Waals surface area contributed by atoms with Crippen LogP contribution in [0.5, 0.6) is 0 Å². The highest BCUT2D eigenvalue weighted by Gasteiger charge is 2.41. The van der Waals surface area contributed by atoms with Gasteiger partial charge in [-0.2, -0.15) is 0 Å². The predicted octanol–water partition coefficient (Wildman–Crippen LogP) is 5.18. The molecule has 0 spiro atoms. The van der Waals surface area contributed by atoms with Gasteiger partial charge in [-0.25, -0.2) is 4.39 Å². The molecule has 1 aliphatic carbocycles. The third kappa shape index (κ3) is 4.99. The normalized spacial score (nSPS) is 20.1. The van der Waals surface area contributed by atoms with Gasteiger partial charge >= 0.3 is 5.97 Å². The molecule has 0 bridgehead atoms. The predicted molar refractivity (Wildman–Crippen MR) is 117 cm³/mol. The number of benzene rings is 2. The monoisotopic (exact) mass is 403 g/mol. The molecular formula is C26H26FNO2. The Morgan fingerprint density at radius 2 is 1.73 bits per heavy atom. The van der Waals surface area contributed by atoms with E-state index in [1.807, 2.05) is 54.6 Å². The topological polar surface area (TPSA) is 40.5 Å². The molecule has 3 nitrogen and oxygen atoms in total. The van der Waals surface area contributed by atoms with Crippen LogP contribution in [-0.2, 0) is 11.3 Å². The standard InChI is InChI=1S/C26H26FNO2/c1-3-17-28(23-15-16-24(27)26(2,18-23)25(29)30)19-22-13-11-21(12-14-22)10-9-20-7-5-4-6-8-20/h4-8,11-16,18,24H,3,17,19H2,1-2H3,(H,29,30). The van der Waals surface area contributed by atoms with Gasteiger partial charge in [-0.15, -0.1) is 0 Å². The van der Waals surface area contributed by atoms with Gasteiger partial charge in [-0.05, 0) is 61.4 Å². The minimum Gasteiger partial charge on any atom is -0.481 e. The summed E-state index contributed by atoms with van der Waals surface area (Å²) in [6.07, 6.45) is 3.92. The molecule has 0 heterocycles. The van der Waals surface area contributed by atoms with Crippen molar-refractivity contribution in [2.75, 3.05) is 6.54 Å². The summed E-state index contributed by atoms with van der Waals surface area (Å²) in [5.41, 5.74) is 2.18. The van der Waals surface area contributed by atoms with E-state index < -0.39 is 17.6 Å². The largest absolute Gasteiger partial charge is 0.481 e. The van der Waals surface area contributed by atoms with Crippen molar-refractivity contribution < 1.29 is 14.3 Å². The van der Waals surface area contributed by atoms with Crippen LogP contribution >= 0.6 is 0 Å². The Balaban J connectivity index is 1.77. The van der Waals surface area contributed by atoms with Crippen LogP contribution in [-0.4, -0.2) is 28.7 Å². The maximum absolute atomic E-state index is 14.2. The summed E-state index contributed by atoms with van der Waals surface area (Å²) < 4.78 is 14.2. The molecule has 2 aromatic rings. The molecule has 0 fully saturated rings. The van der Waals surface area contributed by atoms with Crippen LogP contribution in [0.4, 0.5) is 4.39 Å². The second-order valence-electron chi connectivity index (χ2n) is 7.65. The average Bonchev–Trinajstić information content (AvgIpc) is 2.75. The summed E-state index contributed by atoms with van der Waals surface area (Å²) in [6, 6.07) is 17.9. The lowest BCUT2D eigenvalue weighted by atomic mass is 9.81. The minimum atomic E-state index is -1.55. The zero-order valence-corrected chi connectivity index (χ0v) is 17.3. The highest BCUT2D eigenvalue weighted by molar-refractivity contribution is 5.78. The van der Waals surface area contributed by atoms with Gasteiger partial charge < -0.3 is 10.0 Å². The maximum atomic E-state index is 14.2. The Labute approximate surface area is 177 Å². The molecular weight excluding hydrogens is 377 g/mol. The molecule has 30 heavy (non-hydrogen) atoms. The van der Waals surface area contributed by atoms with E-state index in [1.165, 1.54) is 19.1 Å². The van der Waals surface area contributed by atoms with Gasteiger partial charge in [-0.1, -0.05) is 49.1 Å². The number of rotatable bonds is 6. The quantitative estimate of drug-likeness (QED) is 0.676. The van der Waals surface area contributed by atoms with E-state index in [0.717, 1.165) is 35.4 Å². The first-order chi connectivity index (χ1) is 14.4. The highest BCUT2D eigenvalue weighted by Crippen LogP contribution is 2.34. The van der Waals surface area contributed by atoms with Crippen molar-refractivity contribution in [1.82, 2.24) is 4.90 Å². The molecule has 2 aromatic carbocycles. The fraction of sp³-hybridized carbons (Fsp3) is 0.269. The van der Waals surface area contributed by atoms with Crippen molar-refractivity contribution in [2.45, 2.75) is 33.0 Å². The Bertz CT molecular complexity index is 999. The van der Waals surface area contributed by atoms with Crippen LogP contribution in [0.2, 0.25) is 0 Å². The number of carbonyl (C=O) groups is 1. The number of allylic oxidation sites excluding steroid dienone is 2. The number of halogens is 1. The first kappa shape index (κ1) is 21.4. The second-order valence-corrected chi connectivity index (χ2v) is 7.65. The first-order valence-corrected chi connectivity index (χ1v) is 10.1. The Morgan fingerprint density at radius 1 is 1.10 bits per heavy atom. The molecule has 0 amide bonds. The van der Waals surface area contributed by atoms with Crippen LogP contribution in [0.3, 0.4) is 0 Å². The van der Waals surface area contributed by atoms with Crippen molar-refractivity contribution in [2.24, 2.45) is 5.41 Å². The second kappa shape index (κ2) is 9.45.